The maximum atomic E-state index is 13.4. The van der Waals surface area contributed by atoms with E-state index in [4.69, 9.17) is 15.9 Å². The van der Waals surface area contributed by atoms with E-state index in [1.807, 2.05) is 13.8 Å². The summed E-state index contributed by atoms with van der Waals surface area (Å²) in [7, 11) is -2.76. The van der Waals surface area contributed by atoms with E-state index in [9.17, 15) is 22.8 Å². The molecule has 40 heavy (non-hydrogen) atoms. The van der Waals surface area contributed by atoms with Crippen molar-refractivity contribution in [3.63, 3.8) is 0 Å². The van der Waals surface area contributed by atoms with Gasteiger partial charge in [0, 0.05) is 23.4 Å². The van der Waals surface area contributed by atoms with Crippen LogP contribution in [0.1, 0.15) is 50.5 Å². The highest BCUT2D eigenvalue weighted by Gasteiger charge is 2.24. The van der Waals surface area contributed by atoms with E-state index in [1.54, 1.807) is 30.3 Å². The van der Waals surface area contributed by atoms with E-state index < -0.39 is 27.9 Å². The number of benzene rings is 3. The molecule has 0 saturated heterocycles. The Bertz CT molecular complexity index is 1570. The van der Waals surface area contributed by atoms with Gasteiger partial charge >= 0.3 is 16.1 Å². The molecule has 0 atom stereocenters. The Balaban J connectivity index is 2.11. The molecule has 0 saturated carbocycles. The van der Waals surface area contributed by atoms with Crippen LogP contribution in [0.5, 0.6) is 5.75 Å². The smallest absolute Gasteiger partial charge is 0.354 e. The number of rotatable bonds is 10. The third-order valence-corrected chi connectivity index (χ3v) is 6.07. The summed E-state index contributed by atoms with van der Waals surface area (Å²) in [5, 5.41) is 13.0. The zero-order valence-corrected chi connectivity index (χ0v) is 23.2. The molecule has 12 heteroatoms. The van der Waals surface area contributed by atoms with Crippen LogP contribution in [0, 0.1) is 11.3 Å². The summed E-state index contributed by atoms with van der Waals surface area (Å²) in [5.41, 5.74) is 6.78. The van der Waals surface area contributed by atoms with Crippen LogP contribution in [0.4, 0.5) is 5.69 Å². The van der Waals surface area contributed by atoms with Crippen LogP contribution < -0.4 is 21.1 Å². The van der Waals surface area contributed by atoms with Crippen LogP contribution in [0.25, 0.3) is 11.1 Å². The highest BCUT2D eigenvalue weighted by molar-refractivity contribution is 7.86. The quantitative estimate of drug-likeness (QED) is 0.164. The van der Waals surface area contributed by atoms with Gasteiger partial charge in [0.25, 0.3) is 11.8 Å². The van der Waals surface area contributed by atoms with Crippen molar-refractivity contribution in [2.75, 3.05) is 25.2 Å². The normalized spacial score (nSPS) is 11.0. The van der Waals surface area contributed by atoms with Gasteiger partial charge in [0.2, 0.25) is 0 Å². The van der Waals surface area contributed by atoms with Crippen LogP contribution in [0.2, 0.25) is 0 Å². The lowest BCUT2D eigenvalue weighted by molar-refractivity contribution is 0.0748. The molecule has 0 aromatic heterocycles. The van der Waals surface area contributed by atoms with Crippen molar-refractivity contribution in [2.45, 2.75) is 13.8 Å². The number of anilines is 1. The highest BCUT2D eigenvalue weighted by Crippen LogP contribution is 2.32. The van der Waals surface area contributed by atoms with Gasteiger partial charge < -0.3 is 25.3 Å². The van der Waals surface area contributed by atoms with Gasteiger partial charge in [0.05, 0.1) is 24.5 Å². The molecule has 11 nitrogen and oxygen atoms in total. The Labute approximate surface area is 232 Å². The topological polar surface area (TPSA) is 178 Å². The van der Waals surface area contributed by atoms with Crippen LogP contribution in [0.3, 0.4) is 0 Å². The number of nitrogens with one attached hydrogen (secondary N) is 3. The minimum absolute atomic E-state index is 0.0976. The van der Waals surface area contributed by atoms with Crippen LogP contribution in [0.15, 0.2) is 60.7 Å². The molecule has 0 heterocycles. The number of methoxy groups -OCH3 is 1. The standard InChI is InChI=1S/C28H30N4O7S/c1-16(2)15-31-26(33)18-7-11-22(24(13-18)28(35)39-40(4,36)37)21-12-10-20(38-3)14-23(21)27(34)32-19-8-5-17(6-9-19)25(29)30/h5-14,16H,15H2,1-4H3,(H3,29,30)(H,31,33)(H,32,34). The number of amides is 2. The average Bonchev–Trinajstić information content (AvgIpc) is 2.90. The number of nitrogens with two attached hydrogens (primary N) is 1. The number of carbonyl (C=O) groups is 3. The summed E-state index contributed by atoms with van der Waals surface area (Å²) in [6.45, 7) is 4.23. The first-order valence-electron chi connectivity index (χ1n) is 12.1. The summed E-state index contributed by atoms with van der Waals surface area (Å²) >= 11 is 0. The highest BCUT2D eigenvalue weighted by atomic mass is 32.2. The lowest BCUT2D eigenvalue weighted by Gasteiger charge is -2.16. The zero-order chi connectivity index (χ0) is 29.6. The largest absolute Gasteiger partial charge is 0.497 e. The molecule has 2 amide bonds. The van der Waals surface area contributed by atoms with Gasteiger partial charge in [-0.2, -0.15) is 8.42 Å². The first-order chi connectivity index (χ1) is 18.8. The number of ether oxygens (including phenoxy) is 1. The average molecular weight is 567 g/mol. The molecule has 3 aromatic carbocycles. The molecular formula is C28H30N4O7S. The van der Waals surface area contributed by atoms with Crippen molar-refractivity contribution < 1.29 is 31.7 Å². The Morgan fingerprint density at radius 3 is 2.08 bits per heavy atom. The second kappa shape index (κ2) is 12.4. The van der Waals surface area contributed by atoms with Crippen LogP contribution in [-0.2, 0) is 14.3 Å². The van der Waals surface area contributed by atoms with E-state index in [1.165, 1.54) is 37.4 Å². The maximum absolute atomic E-state index is 13.4. The SMILES string of the molecule is COc1ccc(-c2ccc(C(=O)NCC(C)C)cc2C(=O)OS(C)(=O)=O)c(C(=O)Nc2ccc(C(=N)N)cc2)c1. The van der Waals surface area contributed by atoms with Crippen LogP contribution >= 0.6 is 0 Å². The summed E-state index contributed by atoms with van der Waals surface area (Å²) < 4.78 is 33.5. The molecule has 0 bridgehead atoms. The molecule has 0 spiro atoms. The van der Waals surface area contributed by atoms with Gasteiger partial charge in [-0.3, -0.25) is 15.0 Å². The minimum atomic E-state index is -4.19. The van der Waals surface area contributed by atoms with E-state index in [-0.39, 0.29) is 39.6 Å². The fourth-order valence-corrected chi connectivity index (χ4v) is 4.04. The summed E-state index contributed by atoms with van der Waals surface area (Å²) in [4.78, 5) is 39.1. The molecule has 0 aliphatic heterocycles. The third-order valence-electron chi connectivity index (χ3n) is 5.61. The van der Waals surface area contributed by atoms with Crippen molar-refractivity contribution in [3.8, 4) is 16.9 Å². The molecule has 3 rings (SSSR count). The van der Waals surface area contributed by atoms with Crippen molar-refractivity contribution in [1.82, 2.24) is 5.32 Å². The predicted molar refractivity (Wildman–Crippen MR) is 151 cm³/mol. The predicted octanol–water partition coefficient (Wildman–Crippen LogP) is 3.40. The van der Waals surface area contributed by atoms with Gasteiger partial charge in [-0.25, -0.2) is 4.79 Å². The molecule has 3 aromatic rings. The fraction of sp³-hybridized carbons (Fsp3) is 0.214. The molecule has 0 fully saturated rings. The van der Waals surface area contributed by atoms with E-state index in [2.05, 4.69) is 14.8 Å². The van der Waals surface area contributed by atoms with Gasteiger partial charge in [0.1, 0.15) is 11.6 Å². The van der Waals surface area contributed by atoms with E-state index in [0.29, 0.717) is 23.5 Å². The number of nitrogen functional groups attached to an aromatic ring is 1. The van der Waals surface area contributed by atoms with Gasteiger partial charge in [0.15, 0.2) is 0 Å². The van der Waals surface area contributed by atoms with Gasteiger partial charge in [-0.1, -0.05) is 19.9 Å². The van der Waals surface area contributed by atoms with Crippen molar-refractivity contribution in [3.05, 3.63) is 82.9 Å². The Hall–Kier alpha value is -4.71. The molecule has 0 unspecified atom stereocenters. The van der Waals surface area contributed by atoms with E-state index in [0.717, 1.165) is 6.26 Å². The molecular weight excluding hydrogens is 536 g/mol. The summed E-state index contributed by atoms with van der Waals surface area (Å²) in [6, 6.07) is 15.0. The third kappa shape index (κ3) is 7.67. The van der Waals surface area contributed by atoms with Crippen molar-refractivity contribution in [1.29, 1.82) is 5.41 Å². The van der Waals surface area contributed by atoms with E-state index >= 15 is 0 Å². The minimum Gasteiger partial charge on any atom is -0.497 e. The zero-order valence-electron chi connectivity index (χ0n) is 22.4. The summed E-state index contributed by atoms with van der Waals surface area (Å²) in [6.07, 6.45) is 0.730. The van der Waals surface area contributed by atoms with Crippen LogP contribution in [-0.4, -0.2) is 51.9 Å². The number of amidine groups is 1. The Kier molecular flexibility index (Phi) is 9.27. The monoisotopic (exact) mass is 566 g/mol. The molecule has 0 aliphatic rings. The van der Waals surface area contributed by atoms with Gasteiger partial charge in [-0.05, 0) is 71.6 Å². The first kappa shape index (κ1) is 29.8. The van der Waals surface area contributed by atoms with Crippen molar-refractivity contribution in [2.24, 2.45) is 11.7 Å². The summed E-state index contributed by atoms with van der Waals surface area (Å²) in [5.74, 6) is -1.83. The second-order valence-corrected chi connectivity index (χ2v) is 10.9. The van der Waals surface area contributed by atoms with Gasteiger partial charge in [-0.15, -0.1) is 0 Å². The molecule has 210 valence electrons. The molecule has 0 aliphatic carbocycles. The maximum Gasteiger partial charge on any atom is 0.354 e. The Morgan fingerprint density at radius 1 is 0.900 bits per heavy atom. The fourth-order valence-electron chi connectivity index (χ4n) is 3.68. The number of hydrogen-bond acceptors (Lipinski definition) is 8. The van der Waals surface area contributed by atoms with Crippen molar-refractivity contribution >= 4 is 39.4 Å². The number of carbonyl (C=O) groups excluding carboxylic acids is 3. The number of hydrogen-bond donors (Lipinski definition) is 4. The molecule has 0 radical (unpaired) electrons. The first-order valence-corrected chi connectivity index (χ1v) is 13.9. The Morgan fingerprint density at radius 2 is 1.50 bits per heavy atom. The lowest BCUT2D eigenvalue weighted by atomic mass is 9.93. The second-order valence-electron chi connectivity index (χ2n) is 9.30. The molecule has 5 N–H and O–H groups in total. The lowest BCUT2D eigenvalue weighted by Crippen LogP contribution is -2.27.